The van der Waals surface area contributed by atoms with Crippen LogP contribution in [0, 0.1) is 0 Å². The summed E-state index contributed by atoms with van der Waals surface area (Å²) in [6.07, 6.45) is 0. The molecule has 4 nitrogen and oxygen atoms in total. The van der Waals surface area contributed by atoms with Crippen molar-refractivity contribution in [2.45, 2.75) is 24.1 Å². The van der Waals surface area contributed by atoms with Crippen molar-refractivity contribution in [3.8, 4) is 10.4 Å². The van der Waals surface area contributed by atoms with Gasteiger partial charge in [-0.3, -0.25) is 9.59 Å². The van der Waals surface area contributed by atoms with Crippen LogP contribution in [0.2, 0.25) is 0 Å². The number of carbonyl (C=O) groups is 2. The monoisotopic (exact) mass is 415 g/mol. The van der Waals surface area contributed by atoms with Crippen molar-refractivity contribution < 1.29 is 35.3 Å². The normalized spacial score (nSPS) is 11.4. The Morgan fingerprint density at radius 2 is 1.96 bits per heavy atom. The maximum atomic E-state index is 11.9. The van der Waals surface area contributed by atoms with Crippen LogP contribution in [-0.2, 0) is 21.4 Å². The minimum atomic E-state index is -0.815. The van der Waals surface area contributed by atoms with Crippen LogP contribution < -0.4 is 20.9 Å². The average molecular weight is 416 g/mol. The fraction of sp³-hybridized carbons (Fsp3) is 0.312. The Hall–Kier alpha value is -1.18. The molecule has 1 aromatic heterocycles. The first-order valence-electron chi connectivity index (χ1n) is 6.92. The summed E-state index contributed by atoms with van der Waals surface area (Å²) >= 11 is 2.81. The van der Waals surface area contributed by atoms with Crippen molar-refractivity contribution in [3.05, 3.63) is 36.4 Å². The Kier molecular flexibility index (Phi) is 7.94. The number of hydrogen-bond acceptors (Lipinski definition) is 5. The molecule has 7 heteroatoms. The predicted octanol–water partition coefficient (Wildman–Crippen LogP) is -0.144. The first kappa shape index (κ1) is 19.9. The van der Waals surface area contributed by atoms with Gasteiger partial charge in [0.1, 0.15) is 16.4 Å². The number of thioether (sulfide) groups is 1. The van der Waals surface area contributed by atoms with Crippen molar-refractivity contribution in [2.24, 2.45) is 7.05 Å². The molecule has 1 atom stereocenters. The van der Waals surface area contributed by atoms with E-state index in [1.54, 1.807) is 18.5 Å². The summed E-state index contributed by atoms with van der Waals surface area (Å²) in [5.74, 6) is -0.677. The molecule has 0 amide bonds. The minimum Gasteiger partial charge on any atom is -1.00 e. The maximum absolute atomic E-state index is 11.9. The molecule has 124 valence electrons. The van der Waals surface area contributed by atoms with Gasteiger partial charge in [-0.25, -0.2) is 0 Å². The van der Waals surface area contributed by atoms with Crippen molar-refractivity contribution in [3.63, 3.8) is 0 Å². The van der Waals surface area contributed by atoms with Crippen LogP contribution in [0.5, 0.6) is 0 Å². The Balaban J connectivity index is 0.00000264. The second-order valence-corrected chi connectivity index (χ2v) is 6.96. The van der Waals surface area contributed by atoms with Crippen LogP contribution in [0.15, 0.2) is 41.4 Å². The molecule has 2 aromatic rings. The molecule has 0 N–H and O–H groups in total. The lowest BCUT2D eigenvalue weighted by Crippen LogP contribution is -3.00. The molecule has 0 radical (unpaired) electrons. The van der Waals surface area contributed by atoms with E-state index in [0.717, 1.165) is 15.5 Å². The molecular formula is C16H18BrNO3S2. The zero-order valence-corrected chi connectivity index (χ0v) is 16.3. The first-order chi connectivity index (χ1) is 10.5. The third-order valence-corrected chi connectivity index (χ3v) is 5.50. The summed E-state index contributed by atoms with van der Waals surface area (Å²) in [7, 11) is 1.92. The van der Waals surface area contributed by atoms with Crippen molar-refractivity contribution in [1.29, 1.82) is 0 Å². The van der Waals surface area contributed by atoms with E-state index in [-0.39, 0.29) is 29.4 Å². The number of hydrogen-bond donors (Lipinski definition) is 0. The van der Waals surface area contributed by atoms with Crippen LogP contribution in [0.3, 0.4) is 0 Å². The molecule has 1 aromatic carbocycles. The van der Waals surface area contributed by atoms with Gasteiger partial charge in [0.15, 0.2) is 18.1 Å². The highest BCUT2D eigenvalue weighted by molar-refractivity contribution is 8.01. The quantitative estimate of drug-likeness (QED) is 0.285. The van der Waals surface area contributed by atoms with Crippen molar-refractivity contribution >= 4 is 35.0 Å². The number of carbonyl (C=O) groups excluding carboxylic acids is 2. The molecule has 23 heavy (non-hydrogen) atoms. The van der Waals surface area contributed by atoms with Gasteiger partial charge in [-0.15, -0.1) is 3.96 Å². The summed E-state index contributed by atoms with van der Waals surface area (Å²) in [5.41, 5.74) is 1.12. The fourth-order valence-electron chi connectivity index (χ4n) is 1.90. The summed E-state index contributed by atoms with van der Waals surface area (Å²) in [4.78, 5) is 24.7. The van der Waals surface area contributed by atoms with Gasteiger partial charge in [0.2, 0.25) is 0 Å². The third-order valence-electron chi connectivity index (χ3n) is 2.97. The zero-order valence-electron chi connectivity index (χ0n) is 13.1. The van der Waals surface area contributed by atoms with Crippen molar-refractivity contribution in [2.75, 3.05) is 6.61 Å². The number of rotatable bonds is 6. The van der Waals surface area contributed by atoms with Gasteiger partial charge >= 0.3 is 5.97 Å². The lowest BCUT2D eigenvalue weighted by atomic mass is 10.2. The number of Topliss-reactive ketones (excluding diaryl/α,β-unsaturated/α-hetero) is 1. The van der Waals surface area contributed by atoms with Crippen LogP contribution >= 0.6 is 23.3 Å². The summed E-state index contributed by atoms with van der Waals surface area (Å²) in [6.45, 7) is 3.42. The number of halogens is 1. The van der Waals surface area contributed by atoms with Gasteiger partial charge < -0.3 is 21.7 Å². The molecule has 0 aliphatic carbocycles. The highest BCUT2D eigenvalue weighted by atomic mass is 79.9. The van der Waals surface area contributed by atoms with E-state index in [0.29, 0.717) is 0 Å². The number of aromatic nitrogens is 1. The Bertz CT molecular complexity index is 673. The summed E-state index contributed by atoms with van der Waals surface area (Å²) in [5, 5.41) is 0.0569. The molecule has 0 saturated heterocycles. The number of benzene rings is 1. The second kappa shape index (κ2) is 9.20. The smallest absolute Gasteiger partial charge is 0.327 e. The van der Waals surface area contributed by atoms with E-state index in [4.69, 9.17) is 4.74 Å². The van der Waals surface area contributed by atoms with Gasteiger partial charge in [0.25, 0.3) is 5.03 Å². The summed E-state index contributed by atoms with van der Waals surface area (Å²) < 4.78 is 6.94. The number of nitrogens with zero attached hydrogens (tertiary/aromatic N) is 1. The van der Waals surface area contributed by atoms with Crippen LogP contribution in [0.25, 0.3) is 10.4 Å². The van der Waals surface area contributed by atoms with Crippen LogP contribution in [0.4, 0.5) is 0 Å². The Labute approximate surface area is 154 Å². The standard InChI is InChI=1S/C16H18NO3S2.BrH/c1-4-20-16(19)15(11(2)18)21-14-10-13(22-17(14)3)12-8-6-5-7-9-12;/h5-10,15H,4H2,1-3H3;1H/q+1;/p-1. The molecule has 0 aliphatic rings. The molecule has 0 spiro atoms. The molecule has 0 bridgehead atoms. The second-order valence-electron chi connectivity index (χ2n) is 4.66. The van der Waals surface area contributed by atoms with Gasteiger partial charge in [-0.05, 0) is 31.2 Å². The Morgan fingerprint density at radius 1 is 1.30 bits per heavy atom. The number of esters is 1. The van der Waals surface area contributed by atoms with Crippen LogP contribution in [0.1, 0.15) is 13.8 Å². The Morgan fingerprint density at radius 3 is 2.52 bits per heavy atom. The largest absolute Gasteiger partial charge is 1.00 e. The van der Waals surface area contributed by atoms with E-state index in [9.17, 15) is 9.59 Å². The zero-order chi connectivity index (χ0) is 16.1. The molecule has 1 heterocycles. The van der Waals surface area contributed by atoms with Crippen LogP contribution in [-0.4, -0.2) is 23.6 Å². The molecule has 1 unspecified atom stereocenters. The van der Waals surface area contributed by atoms with Gasteiger partial charge in [-0.2, -0.15) is 0 Å². The van der Waals surface area contributed by atoms with E-state index < -0.39 is 11.2 Å². The molecule has 0 saturated carbocycles. The first-order valence-corrected chi connectivity index (χ1v) is 8.57. The van der Waals surface area contributed by atoms with E-state index in [1.165, 1.54) is 18.7 Å². The fourth-order valence-corrected chi connectivity index (χ4v) is 3.97. The molecule has 0 fully saturated rings. The molecule has 0 aliphatic heterocycles. The summed E-state index contributed by atoms with van der Waals surface area (Å²) in [6, 6.07) is 12.0. The van der Waals surface area contributed by atoms with E-state index >= 15 is 0 Å². The SMILES string of the molecule is CCOC(=O)C(Sc1cc(-c2ccccc2)s[n+]1C)C(C)=O.[Br-]. The topological polar surface area (TPSA) is 47.2 Å². The predicted molar refractivity (Wildman–Crippen MR) is 87.9 cm³/mol. The molecule has 2 rings (SSSR count). The van der Waals surface area contributed by atoms with E-state index in [2.05, 4.69) is 0 Å². The lowest BCUT2D eigenvalue weighted by molar-refractivity contribution is -0.640. The van der Waals surface area contributed by atoms with Gasteiger partial charge in [-0.1, -0.05) is 30.3 Å². The van der Waals surface area contributed by atoms with E-state index in [1.807, 2.05) is 47.4 Å². The third kappa shape index (κ3) is 5.16. The number of ether oxygens (including phenoxy) is 1. The van der Waals surface area contributed by atoms with Gasteiger partial charge in [0.05, 0.1) is 6.61 Å². The van der Waals surface area contributed by atoms with Crippen molar-refractivity contribution in [1.82, 2.24) is 0 Å². The lowest BCUT2D eigenvalue weighted by Gasteiger charge is -2.09. The number of aryl methyl sites for hydroxylation is 1. The number of ketones is 1. The average Bonchev–Trinajstić information content (AvgIpc) is 2.86. The maximum Gasteiger partial charge on any atom is 0.327 e. The highest BCUT2D eigenvalue weighted by Gasteiger charge is 2.30. The minimum absolute atomic E-state index is 0. The molecular weight excluding hydrogens is 398 g/mol. The van der Waals surface area contributed by atoms with Gasteiger partial charge in [0, 0.05) is 6.07 Å². The highest BCUT2D eigenvalue weighted by Crippen LogP contribution is 2.30.